The highest BCUT2D eigenvalue weighted by Gasteiger charge is 2.16. The van der Waals surface area contributed by atoms with E-state index in [0.29, 0.717) is 16.8 Å². The van der Waals surface area contributed by atoms with Crippen molar-refractivity contribution in [3.8, 4) is 5.69 Å². The van der Waals surface area contributed by atoms with Crippen molar-refractivity contribution in [2.45, 2.75) is 20.4 Å². The van der Waals surface area contributed by atoms with Crippen molar-refractivity contribution in [3.05, 3.63) is 126 Å². The highest BCUT2D eigenvalue weighted by atomic mass is 16.4. The molecule has 2 heterocycles. The Balaban J connectivity index is 1.31. The Hall–Kier alpha value is -5.16. The maximum Gasteiger partial charge on any atom is 0.193 e. The molecule has 0 unspecified atom stereocenters. The van der Waals surface area contributed by atoms with Gasteiger partial charge in [-0.2, -0.15) is 0 Å². The van der Waals surface area contributed by atoms with Crippen LogP contribution in [0.3, 0.4) is 0 Å². The molecule has 0 aliphatic carbocycles. The first kappa shape index (κ1) is 23.9. The lowest BCUT2D eigenvalue weighted by atomic mass is 10.00. The molecular formula is C35H27N3O2. The van der Waals surface area contributed by atoms with Gasteiger partial charge in [0.2, 0.25) is 0 Å². The van der Waals surface area contributed by atoms with E-state index in [1.165, 1.54) is 10.8 Å². The van der Waals surface area contributed by atoms with Crippen molar-refractivity contribution in [3.63, 3.8) is 0 Å². The smallest absolute Gasteiger partial charge is 0.193 e. The molecule has 5 nitrogen and oxygen atoms in total. The Bertz CT molecular complexity index is 2080. The maximum absolute atomic E-state index is 13.7. The number of oxime groups is 1. The fourth-order valence-corrected chi connectivity index (χ4v) is 6.00. The second-order valence-corrected chi connectivity index (χ2v) is 10.1. The van der Waals surface area contributed by atoms with Crippen LogP contribution in [0.25, 0.3) is 49.3 Å². The number of benzene rings is 5. The monoisotopic (exact) mass is 521 g/mol. The van der Waals surface area contributed by atoms with Crippen LogP contribution in [-0.2, 0) is 6.54 Å². The molecule has 0 spiro atoms. The van der Waals surface area contributed by atoms with Crippen molar-refractivity contribution < 1.29 is 10.0 Å². The summed E-state index contributed by atoms with van der Waals surface area (Å²) in [5.41, 5.74) is 8.15. The van der Waals surface area contributed by atoms with Crippen LogP contribution in [0.2, 0.25) is 0 Å². The Labute approximate surface area is 231 Å². The molecule has 5 heteroatoms. The van der Waals surface area contributed by atoms with Crippen molar-refractivity contribution >= 4 is 55.1 Å². The van der Waals surface area contributed by atoms with Gasteiger partial charge in [-0.3, -0.25) is 4.79 Å². The molecule has 5 aromatic carbocycles. The number of rotatable bonds is 5. The lowest BCUT2D eigenvalue weighted by Gasteiger charge is -2.09. The molecule has 7 rings (SSSR count). The van der Waals surface area contributed by atoms with E-state index >= 15 is 0 Å². The third-order valence-electron chi connectivity index (χ3n) is 7.98. The molecule has 40 heavy (non-hydrogen) atoms. The first-order valence-electron chi connectivity index (χ1n) is 13.5. The predicted octanol–water partition coefficient (Wildman–Crippen LogP) is 8.34. The van der Waals surface area contributed by atoms with Gasteiger partial charge in [-0.25, -0.2) is 0 Å². The number of nitrogens with zero attached hydrogens (tertiary/aromatic N) is 3. The number of ketones is 1. The second kappa shape index (κ2) is 9.24. The van der Waals surface area contributed by atoms with E-state index in [-0.39, 0.29) is 5.78 Å². The number of aryl methyl sites for hydroxylation is 1. The Morgan fingerprint density at radius 2 is 1.18 bits per heavy atom. The highest BCUT2D eigenvalue weighted by Crippen LogP contribution is 2.33. The number of hydrogen-bond acceptors (Lipinski definition) is 3. The molecule has 0 aliphatic rings. The van der Waals surface area contributed by atoms with Crippen LogP contribution in [0, 0.1) is 0 Å². The molecule has 7 aromatic rings. The topological polar surface area (TPSA) is 59.5 Å². The van der Waals surface area contributed by atoms with Gasteiger partial charge in [0.25, 0.3) is 0 Å². The van der Waals surface area contributed by atoms with Gasteiger partial charge >= 0.3 is 0 Å². The fourth-order valence-electron chi connectivity index (χ4n) is 6.00. The number of carbonyl (C=O) groups is 1. The first-order chi connectivity index (χ1) is 19.6. The maximum atomic E-state index is 13.7. The summed E-state index contributed by atoms with van der Waals surface area (Å²) in [6.45, 7) is 4.70. The minimum atomic E-state index is -0.0164. The molecular weight excluding hydrogens is 494 g/mol. The number of para-hydroxylation sites is 2. The van der Waals surface area contributed by atoms with Gasteiger partial charge in [-0.1, -0.05) is 47.6 Å². The predicted molar refractivity (Wildman–Crippen MR) is 163 cm³/mol. The molecule has 0 aliphatic heterocycles. The normalized spacial score (nSPS) is 12.2. The van der Waals surface area contributed by atoms with E-state index in [9.17, 15) is 10.0 Å². The number of carbonyl (C=O) groups excluding carboxylic acids is 1. The van der Waals surface area contributed by atoms with E-state index in [2.05, 4.69) is 75.8 Å². The number of hydrogen-bond donors (Lipinski definition) is 1. The third-order valence-corrected chi connectivity index (χ3v) is 7.98. The molecule has 0 amide bonds. The van der Waals surface area contributed by atoms with Gasteiger partial charge in [0.1, 0.15) is 0 Å². The molecule has 2 aromatic heterocycles. The minimum Gasteiger partial charge on any atom is -0.411 e. The summed E-state index contributed by atoms with van der Waals surface area (Å²) < 4.78 is 4.49. The molecule has 0 radical (unpaired) electrons. The summed E-state index contributed by atoms with van der Waals surface area (Å²) in [6.07, 6.45) is 0. The SMILES string of the molecule is CCn1c2ccc(C(=O)c3ccc(-n4c5ccccc5c5ccccc54)cc3)cc2c2cc(/C(C)=N/O)ccc21. The van der Waals surface area contributed by atoms with E-state index in [1.807, 2.05) is 54.6 Å². The van der Waals surface area contributed by atoms with Crippen molar-refractivity contribution in [2.75, 3.05) is 0 Å². The van der Waals surface area contributed by atoms with Crippen LogP contribution in [0.4, 0.5) is 0 Å². The van der Waals surface area contributed by atoms with Crippen LogP contribution < -0.4 is 0 Å². The molecule has 0 saturated heterocycles. The van der Waals surface area contributed by atoms with Crippen LogP contribution in [0.5, 0.6) is 0 Å². The summed E-state index contributed by atoms with van der Waals surface area (Å²) in [5, 5.41) is 17.1. The van der Waals surface area contributed by atoms with Gasteiger partial charge < -0.3 is 14.3 Å². The standard InChI is InChI=1S/C35H27N3O2/c1-3-37-31-18-14-24(22(2)36-40)20-29(31)30-21-25(15-19-32(30)37)35(39)23-12-16-26(17-13-23)38-33-10-6-4-8-27(33)28-9-5-7-11-34(28)38/h4-21,40H,3H2,1-2H3/b36-22+. The quantitative estimate of drug-likeness (QED) is 0.107. The van der Waals surface area contributed by atoms with Gasteiger partial charge in [0, 0.05) is 55.9 Å². The van der Waals surface area contributed by atoms with E-state index in [4.69, 9.17) is 0 Å². The molecule has 0 atom stereocenters. The van der Waals surface area contributed by atoms with Gasteiger partial charge in [0.05, 0.1) is 16.7 Å². The summed E-state index contributed by atoms with van der Waals surface area (Å²) >= 11 is 0. The summed E-state index contributed by atoms with van der Waals surface area (Å²) in [6, 6.07) is 36.7. The summed E-state index contributed by atoms with van der Waals surface area (Å²) in [4.78, 5) is 13.7. The Morgan fingerprint density at radius 3 is 1.75 bits per heavy atom. The summed E-state index contributed by atoms with van der Waals surface area (Å²) in [7, 11) is 0. The van der Waals surface area contributed by atoms with E-state index < -0.39 is 0 Å². The Kier molecular flexibility index (Phi) is 5.53. The largest absolute Gasteiger partial charge is 0.411 e. The number of fused-ring (bicyclic) bond motifs is 6. The second-order valence-electron chi connectivity index (χ2n) is 10.1. The average Bonchev–Trinajstić information content (AvgIpc) is 3.52. The lowest BCUT2D eigenvalue weighted by Crippen LogP contribution is -2.02. The first-order valence-corrected chi connectivity index (χ1v) is 13.5. The van der Waals surface area contributed by atoms with Crippen LogP contribution in [0.1, 0.15) is 35.3 Å². The fraction of sp³-hybridized carbons (Fsp3) is 0.0857. The zero-order valence-corrected chi connectivity index (χ0v) is 22.3. The molecule has 0 saturated carbocycles. The zero-order valence-electron chi connectivity index (χ0n) is 22.3. The van der Waals surface area contributed by atoms with Crippen LogP contribution >= 0.6 is 0 Å². The van der Waals surface area contributed by atoms with Crippen LogP contribution in [0.15, 0.2) is 114 Å². The minimum absolute atomic E-state index is 0.0164. The van der Waals surface area contributed by atoms with Gasteiger partial charge in [0.15, 0.2) is 5.78 Å². The van der Waals surface area contributed by atoms with Crippen molar-refractivity contribution in [2.24, 2.45) is 5.16 Å². The van der Waals surface area contributed by atoms with Crippen molar-refractivity contribution in [1.29, 1.82) is 0 Å². The number of aromatic nitrogens is 2. The molecule has 194 valence electrons. The molecule has 1 N–H and O–H groups in total. The molecule has 0 bridgehead atoms. The average molecular weight is 522 g/mol. The zero-order chi connectivity index (χ0) is 27.4. The molecule has 0 fully saturated rings. The van der Waals surface area contributed by atoms with Crippen molar-refractivity contribution in [1.82, 2.24) is 9.13 Å². The Morgan fingerprint density at radius 1 is 0.650 bits per heavy atom. The van der Waals surface area contributed by atoms with E-state index in [1.54, 1.807) is 6.92 Å². The lowest BCUT2D eigenvalue weighted by molar-refractivity contribution is 0.103. The van der Waals surface area contributed by atoms with E-state index in [0.717, 1.165) is 50.6 Å². The third kappa shape index (κ3) is 3.55. The highest BCUT2D eigenvalue weighted by molar-refractivity contribution is 6.16. The van der Waals surface area contributed by atoms with Gasteiger partial charge in [-0.15, -0.1) is 0 Å². The van der Waals surface area contributed by atoms with Gasteiger partial charge in [-0.05, 0) is 86.1 Å². The summed E-state index contributed by atoms with van der Waals surface area (Å²) in [5.74, 6) is -0.0164. The van der Waals surface area contributed by atoms with Crippen LogP contribution in [-0.4, -0.2) is 25.8 Å².